The molecule has 0 spiro atoms. The van der Waals surface area contributed by atoms with Crippen LogP contribution in [0.15, 0.2) is 72.0 Å². The van der Waals surface area contributed by atoms with Crippen LogP contribution in [0.3, 0.4) is 0 Å². The van der Waals surface area contributed by atoms with Crippen LogP contribution in [0.4, 0.5) is 0 Å². The topological polar surface area (TPSA) is 83.5 Å². The number of nitrogens with zero attached hydrogens (tertiary/aromatic N) is 2. The Hall–Kier alpha value is -3.54. The van der Waals surface area contributed by atoms with E-state index in [9.17, 15) is 9.59 Å². The summed E-state index contributed by atoms with van der Waals surface area (Å²) < 4.78 is 0. The van der Waals surface area contributed by atoms with Gasteiger partial charge < -0.3 is 5.32 Å². The number of hydrogen-bond donors (Lipinski definition) is 2. The van der Waals surface area contributed by atoms with Crippen molar-refractivity contribution in [3.05, 3.63) is 78.1 Å². The first-order valence-electron chi connectivity index (χ1n) is 7.73. The predicted molar refractivity (Wildman–Crippen MR) is 96.3 cm³/mol. The summed E-state index contributed by atoms with van der Waals surface area (Å²) in [6.45, 7) is -0.165. The van der Waals surface area contributed by atoms with Crippen LogP contribution in [-0.2, 0) is 4.79 Å². The van der Waals surface area contributed by atoms with E-state index in [-0.39, 0.29) is 12.5 Å². The third kappa shape index (κ3) is 4.26. The lowest BCUT2D eigenvalue weighted by Crippen LogP contribution is -2.35. The van der Waals surface area contributed by atoms with Crippen LogP contribution in [0.1, 0.15) is 16.1 Å². The molecule has 0 aliphatic heterocycles. The maximum absolute atomic E-state index is 12.3. The number of carbonyl (C=O) groups excluding carboxylic acids is 2. The highest BCUT2D eigenvalue weighted by atomic mass is 16.2. The van der Waals surface area contributed by atoms with E-state index in [0.29, 0.717) is 11.3 Å². The van der Waals surface area contributed by atoms with Crippen molar-refractivity contribution in [3.63, 3.8) is 0 Å². The second-order valence-electron chi connectivity index (χ2n) is 5.26. The number of hydrazone groups is 1. The lowest BCUT2D eigenvalue weighted by molar-refractivity contribution is -0.120. The minimum Gasteiger partial charge on any atom is -0.343 e. The zero-order chi connectivity index (χ0) is 17.5. The minimum atomic E-state index is -0.416. The smallest absolute Gasteiger partial charge is 0.259 e. The third-order valence-electron chi connectivity index (χ3n) is 3.52. The van der Waals surface area contributed by atoms with Crippen LogP contribution in [0.5, 0.6) is 0 Å². The van der Waals surface area contributed by atoms with Gasteiger partial charge in [-0.15, -0.1) is 0 Å². The van der Waals surface area contributed by atoms with Gasteiger partial charge in [0.1, 0.15) is 0 Å². The molecule has 6 heteroatoms. The summed E-state index contributed by atoms with van der Waals surface area (Å²) in [5, 5.41) is 8.22. The fraction of sp³-hybridized carbons (Fsp3) is 0.0526. The summed E-state index contributed by atoms with van der Waals surface area (Å²) in [7, 11) is 0. The summed E-state index contributed by atoms with van der Waals surface area (Å²) >= 11 is 0. The molecular weight excluding hydrogens is 316 g/mol. The number of hydrogen-bond acceptors (Lipinski definition) is 4. The maximum atomic E-state index is 12.3. The quantitative estimate of drug-likeness (QED) is 0.554. The molecule has 0 unspecified atom stereocenters. The van der Waals surface area contributed by atoms with Crippen LogP contribution < -0.4 is 10.7 Å². The molecule has 6 nitrogen and oxygen atoms in total. The Labute approximate surface area is 144 Å². The summed E-state index contributed by atoms with van der Waals surface area (Å²) in [5.74, 6) is -0.721. The van der Waals surface area contributed by atoms with Gasteiger partial charge in [-0.25, -0.2) is 5.43 Å². The van der Waals surface area contributed by atoms with Crippen molar-refractivity contribution < 1.29 is 9.59 Å². The van der Waals surface area contributed by atoms with Crippen LogP contribution in [0.2, 0.25) is 0 Å². The van der Waals surface area contributed by atoms with Crippen molar-refractivity contribution in [2.45, 2.75) is 0 Å². The molecule has 3 rings (SSSR count). The fourth-order valence-electron chi connectivity index (χ4n) is 2.34. The fourth-order valence-corrected chi connectivity index (χ4v) is 2.34. The van der Waals surface area contributed by atoms with Gasteiger partial charge in [-0.05, 0) is 29.0 Å². The molecule has 1 aromatic heterocycles. The lowest BCUT2D eigenvalue weighted by Gasteiger charge is -2.07. The Balaban J connectivity index is 1.56. The number of rotatable bonds is 5. The number of pyridine rings is 1. The van der Waals surface area contributed by atoms with E-state index < -0.39 is 5.91 Å². The molecular formula is C19H16N4O2. The van der Waals surface area contributed by atoms with E-state index in [1.807, 2.05) is 42.5 Å². The highest BCUT2D eigenvalue weighted by Crippen LogP contribution is 2.18. The second-order valence-corrected chi connectivity index (χ2v) is 5.26. The summed E-state index contributed by atoms with van der Waals surface area (Å²) in [4.78, 5) is 28.1. The highest BCUT2D eigenvalue weighted by Gasteiger charge is 2.10. The largest absolute Gasteiger partial charge is 0.343 e. The SMILES string of the molecule is O=C(CNC(=O)c1cccc2ccccc12)NN=Cc1ccccn1. The number of benzene rings is 2. The highest BCUT2D eigenvalue weighted by molar-refractivity contribution is 6.07. The van der Waals surface area contributed by atoms with Gasteiger partial charge in [0.25, 0.3) is 11.8 Å². The molecule has 0 aliphatic rings. The summed E-state index contributed by atoms with van der Waals surface area (Å²) in [5.41, 5.74) is 3.51. The van der Waals surface area contributed by atoms with Gasteiger partial charge in [0, 0.05) is 11.8 Å². The van der Waals surface area contributed by atoms with Crippen LogP contribution in [0, 0.1) is 0 Å². The van der Waals surface area contributed by atoms with Gasteiger partial charge in [0.05, 0.1) is 18.5 Å². The molecule has 2 N–H and O–H groups in total. The lowest BCUT2D eigenvalue weighted by atomic mass is 10.0. The average Bonchev–Trinajstić information content (AvgIpc) is 2.66. The van der Waals surface area contributed by atoms with Gasteiger partial charge in [0.2, 0.25) is 0 Å². The zero-order valence-corrected chi connectivity index (χ0v) is 13.3. The zero-order valence-electron chi connectivity index (χ0n) is 13.3. The standard InChI is InChI=1S/C19H16N4O2/c24-18(23-22-12-15-8-3-4-11-20-15)13-21-19(25)17-10-5-7-14-6-1-2-9-16(14)17/h1-12H,13H2,(H,21,25)(H,23,24). The first-order chi connectivity index (χ1) is 12.2. The molecule has 0 saturated carbocycles. The van der Waals surface area contributed by atoms with Crippen molar-refractivity contribution in [3.8, 4) is 0 Å². The number of amides is 2. The van der Waals surface area contributed by atoms with Gasteiger partial charge in [-0.3, -0.25) is 14.6 Å². The Kier molecular flexibility index (Phi) is 5.11. The number of carbonyl (C=O) groups is 2. The molecule has 0 atom stereocenters. The predicted octanol–water partition coefficient (Wildman–Crippen LogP) is 2.11. The first-order valence-corrected chi connectivity index (χ1v) is 7.73. The van der Waals surface area contributed by atoms with E-state index in [0.717, 1.165) is 10.8 Å². The Morgan fingerprint density at radius 1 is 1.00 bits per heavy atom. The van der Waals surface area contributed by atoms with Crippen molar-refractivity contribution >= 4 is 28.8 Å². The van der Waals surface area contributed by atoms with Gasteiger partial charge in [-0.2, -0.15) is 5.10 Å². The number of aromatic nitrogens is 1. The van der Waals surface area contributed by atoms with Gasteiger partial charge >= 0.3 is 0 Å². The minimum absolute atomic E-state index is 0.165. The van der Waals surface area contributed by atoms with Crippen molar-refractivity contribution in [1.29, 1.82) is 0 Å². The van der Waals surface area contributed by atoms with Crippen LogP contribution in [-0.4, -0.2) is 29.6 Å². The van der Waals surface area contributed by atoms with E-state index in [1.54, 1.807) is 24.4 Å². The van der Waals surface area contributed by atoms with E-state index >= 15 is 0 Å². The Bertz CT molecular complexity index is 918. The molecule has 2 aromatic carbocycles. The van der Waals surface area contributed by atoms with Crippen molar-refractivity contribution in [1.82, 2.24) is 15.7 Å². The van der Waals surface area contributed by atoms with Crippen molar-refractivity contribution in [2.24, 2.45) is 5.10 Å². The maximum Gasteiger partial charge on any atom is 0.259 e. The molecule has 25 heavy (non-hydrogen) atoms. The summed E-state index contributed by atoms with van der Waals surface area (Å²) in [6.07, 6.45) is 3.07. The van der Waals surface area contributed by atoms with E-state index in [4.69, 9.17) is 0 Å². The third-order valence-corrected chi connectivity index (χ3v) is 3.52. The summed E-state index contributed by atoms with van der Waals surface area (Å²) in [6, 6.07) is 18.5. The Morgan fingerprint density at radius 3 is 2.64 bits per heavy atom. The first kappa shape index (κ1) is 16.3. The van der Waals surface area contributed by atoms with Gasteiger partial charge in [0.15, 0.2) is 0 Å². The molecule has 3 aromatic rings. The van der Waals surface area contributed by atoms with Crippen molar-refractivity contribution in [2.75, 3.05) is 6.54 Å². The molecule has 0 aliphatic carbocycles. The van der Waals surface area contributed by atoms with Crippen LogP contribution in [0.25, 0.3) is 10.8 Å². The molecule has 1 heterocycles. The van der Waals surface area contributed by atoms with E-state index in [2.05, 4.69) is 20.8 Å². The number of nitrogens with one attached hydrogen (secondary N) is 2. The Morgan fingerprint density at radius 2 is 1.80 bits per heavy atom. The molecule has 124 valence electrons. The normalized spacial score (nSPS) is 10.7. The average molecular weight is 332 g/mol. The molecule has 0 radical (unpaired) electrons. The number of fused-ring (bicyclic) bond motifs is 1. The van der Waals surface area contributed by atoms with Crippen LogP contribution >= 0.6 is 0 Å². The molecule has 2 amide bonds. The molecule has 0 fully saturated rings. The molecule has 0 saturated heterocycles. The monoisotopic (exact) mass is 332 g/mol. The van der Waals surface area contributed by atoms with Gasteiger partial charge in [-0.1, -0.05) is 42.5 Å². The van der Waals surface area contributed by atoms with E-state index in [1.165, 1.54) is 6.21 Å². The molecule has 0 bridgehead atoms. The second kappa shape index (κ2) is 7.83.